The van der Waals surface area contributed by atoms with Crippen LogP contribution in [0.2, 0.25) is 0 Å². The maximum atomic E-state index is 12.9. The number of ether oxygens (including phenoxy) is 2. The summed E-state index contributed by atoms with van der Waals surface area (Å²) in [5.74, 6) is -0.630. The number of methoxy groups -OCH3 is 1. The number of hydrogen-bond donors (Lipinski definition) is 1. The van der Waals surface area contributed by atoms with E-state index in [1.807, 2.05) is 6.07 Å². The van der Waals surface area contributed by atoms with Crippen molar-refractivity contribution in [2.45, 2.75) is 57.3 Å². The van der Waals surface area contributed by atoms with E-state index in [4.69, 9.17) is 9.47 Å². The number of nitrogens with one attached hydrogen (secondary N) is 1. The predicted octanol–water partition coefficient (Wildman–Crippen LogP) is 1.78. The molecule has 2 fully saturated rings. The van der Waals surface area contributed by atoms with Gasteiger partial charge in [-0.3, -0.25) is 14.7 Å². The first-order valence-electron chi connectivity index (χ1n) is 8.53. The molecule has 1 atom stereocenters. The van der Waals surface area contributed by atoms with Crippen LogP contribution < -0.4 is 0 Å². The fourth-order valence-electron chi connectivity index (χ4n) is 3.92. The number of esters is 1. The average molecular weight is 335 g/mol. The number of rotatable bonds is 5. The number of amides is 1. The SMILES string of the molecule is COCc1cc(CN(C)C(=O)[C@@H]2CC(=O)OC23CCCCC3)[nH]n1. The molecule has 2 aliphatic rings. The highest BCUT2D eigenvalue weighted by Gasteiger charge is 2.53. The molecule has 0 radical (unpaired) electrons. The molecular formula is C17H25N3O4. The van der Waals surface area contributed by atoms with Crippen molar-refractivity contribution in [2.24, 2.45) is 5.92 Å². The molecule has 1 saturated heterocycles. The number of carbonyl (C=O) groups is 2. The molecule has 1 aromatic rings. The molecule has 3 rings (SSSR count). The van der Waals surface area contributed by atoms with Crippen LogP contribution >= 0.6 is 0 Å². The summed E-state index contributed by atoms with van der Waals surface area (Å²) in [6.07, 6.45) is 4.97. The summed E-state index contributed by atoms with van der Waals surface area (Å²) < 4.78 is 10.7. The van der Waals surface area contributed by atoms with Crippen LogP contribution in [0.5, 0.6) is 0 Å². The van der Waals surface area contributed by atoms with Crippen molar-refractivity contribution in [3.05, 3.63) is 17.5 Å². The number of hydrogen-bond acceptors (Lipinski definition) is 5. The number of aromatic amines is 1. The van der Waals surface area contributed by atoms with Crippen molar-refractivity contribution in [3.8, 4) is 0 Å². The van der Waals surface area contributed by atoms with E-state index in [1.54, 1.807) is 19.1 Å². The van der Waals surface area contributed by atoms with Crippen LogP contribution in [0.25, 0.3) is 0 Å². The molecule has 1 amide bonds. The summed E-state index contributed by atoms with van der Waals surface area (Å²) in [7, 11) is 3.38. The Morgan fingerprint density at radius 1 is 1.46 bits per heavy atom. The highest BCUT2D eigenvalue weighted by atomic mass is 16.6. The lowest BCUT2D eigenvalue weighted by molar-refractivity contribution is -0.155. The normalized spacial score (nSPS) is 22.6. The van der Waals surface area contributed by atoms with E-state index >= 15 is 0 Å². The third kappa shape index (κ3) is 3.31. The Balaban J connectivity index is 1.68. The first kappa shape index (κ1) is 17.0. The predicted molar refractivity (Wildman–Crippen MR) is 85.8 cm³/mol. The van der Waals surface area contributed by atoms with Gasteiger partial charge in [0, 0.05) is 14.2 Å². The van der Waals surface area contributed by atoms with Gasteiger partial charge >= 0.3 is 5.97 Å². The maximum absolute atomic E-state index is 12.9. The van der Waals surface area contributed by atoms with Gasteiger partial charge in [-0.2, -0.15) is 5.10 Å². The lowest BCUT2D eigenvalue weighted by Gasteiger charge is -2.37. The van der Waals surface area contributed by atoms with Gasteiger partial charge in [0.25, 0.3) is 0 Å². The lowest BCUT2D eigenvalue weighted by Crippen LogP contribution is -2.46. The van der Waals surface area contributed by atoms with Gasteiger partial charge in [0.15, 0.2) is 0 Å². The first-order chi connectivity index (χ1) is 11.5. The van der Waals surface area contributed by atoms with Gasteiger partial charge in [-0.1, -0.05) is 6.42 Å². The fourth-order valence-corrected chi connectivity index (χ4v) is 3.92. The van der Waals surface area contributed by atoms with Crippen LogP contribution in [0.15, 0.2) is 6.07 Å². The van der Waals surface area contributed by atoms with Crippen LogP contribution in [0.4, 0.5) is 0 Å². The maximum Gasteiger partial charge on any atom is 0.307 e. The van der Waals surface area contributed by atoms with Gasteiger partial charge < -0.3 is 14.4 Å². The Labute approximate surface area is 141 Å². The Kier molecular flexibility index (Phi) is 4.89. The highest BCUT2D eigenvalue weighted by molar-refractivity contribution is 5.87. The van der Waals surface area contributed by atoms with Gasteiger partial charge in [0.05, 0.1) is 36.9 Å². The van der Waals surface area contributed by atoms with Gasteiger partial charge in [0.1, 0.15) is 5.60 Å². The van der Waals surface area contributed by atoms with E-state index in [9.17, 15) is 9.59 Å². The molecule has 132 valence electrons. The second kappa shape index (κ2) is 6.93. The van der Waals surface area contributed by atoms with Gasteiger partial charge in [-0.05, 0) is 31.7 Å². The molecule has 0 bridgehead atoms. The quantitative estimate of drug-likeness (QED) is 0.829. The largest absolute Gasteiger partial charge is 0.458 e. The molecule has 2 heterocycles. The second-order valence-electron chi connectivity index (χ2n) is 6.87. The Bertz CT molecular complexity index is 607. The molecule has 1 aromatic heterocycles. The van der Waals surface area contributed by atoms with Crippen LogP contribution in [0, 0.1) is 5.92 Å². The van der Waals surface area contributed by atoms with Gasteiger partial charge in [0.2, 0.25) is 5.91 Å². The Hall–Kier alpha value is -1.89. The van der Waals surface area contributed by atoms with E-state index in [0.717, 1.165) is 43.5 Å². The van der Waals surface area contributed by atoms with E-state index in [-0.39, 0.29) is 24.2 Å². The summed E-state index contributed by atoms with van der Waals surface area (Å²) in [5, 5.41) is 7.07. The summed E-state index contributed by atoms with van der Waals surface area (Å²) in [6.45, 7) is 0.860. The molecule has 1 spiro atoms. The molecule has 1 aliphatic heterocycles. The molecule has 7 heteroatoms. The van der Waals surface area contributed by atoms with Crippen molar-refractivity contribution in [1.82, 2.24) is 15.1 Å². The summed E-state index contributed by atoms with van der Waals surface area (Å²) in [5.41, 5.74) is 1.08. The van der Waals surface area contributed by atoms with E-state index in [0.29, 0.717) is 13.2 Å². The third-order valence-electron chi connectivity index (χ3n) is 5.08. The van der Waals surface area contributed by atoms with E-state index < -0.39 is 5.60 Å². The minimum absolute atomic E-state index is 0.0226. The van der Waals surface area contributed by atoms with Crippen molar-refractivity contribution in [1.29, 1.82) is 0 Å². The fraction of sp³-hybridized carbons (Fsp3) is 0.706. The zero-order valence-electron chi connectivity index (χ0n) is 14.3. The first-order valence-corrected chi connectivity index (χ1v) is 8.53. The van der Waals surface area contributed by atoms with Crippen molar-refractivity contribution in [2.75, 3.05) is 14.2 Å². The monoisotopic (exact) mass is 335 g/mol. The van der Waals surface area contributed by atoms with Crippen molar-refractivity contribution >= 4 is 11.9 Å². The Morgan fingerprint density at radius 2 is 2.21 bits per heavy atom. The number of carbonyl (C=O) groups excluding carboxylic acids is 2. The number of aromatic nitrogens is 2. The third-order valence-corrected chi connectivity index (χ3v) is 5.08. The molecule has 1 N–H and O–H groups in total. The smallest absolute Gasteiger partial charge is 0.307 e. The number of H-pyrrole nitrogens is 1. The van der Waals surface area contributed by atoms with Crippen molar-refractivity contribution < 1.29 is 19.1 Å². The minimum atomic E-state index is -0.574. The highest BCUT2D eigenvalue weighted by Crippen LogP contribution is 2.44. The lowest BCUT2D eigenvalue weighted by atomic mass is 9.75. The molecule has 24 heavy (non-hydrogen) atoms. The van der Waals surface area contributed by atoms with Crippen LogP contribution in [-0.2, 0) is 32.2 Å². The van der Waals surface area contributed by atoms with Crippen LogP contribution in [0.1, 0.15) is 49.9 Å². The number of nitrogens with zero attached hydrogens (tertiary/aromatic N) is 2. The average Bonchev–Trinajstić information content (AvgIpc) is 3.12. The molecule has 1 saturated carbocycles. The van der Waals surface area contributed by atoms with Gasteiger partial charge in [-0.25, -0.2) is 0 Å². The zero-order valence-corrected chi connectivity index (χ0v) is 14.3. The zero-order chi connectivity index (χ0) is 17.2. The molecule has 0 aromatic carbocycles. The van der Waals surface area contributed by atoms with Gasteiger partial charge in [-0.15, -0.1) is 0 Å². The summed E-state index contributed by atoms with van der Waals surface area (Å²) in [4.78, 5) is 26.5. The van der Waals surface area contributed by atoms with E-state index in [1.165, 1.54) is 0 Å². The van der Waals surface area contributed by atoms with Crippen LogP contribution in [-0.4, -0.2) is 46.7 Å². The van der Waals surface area contributed by atoms with E-state index in [2.05, 4.69) is 10.2 Å². The molecular weight excluding hydrogens is 310 g/mol. The minimum Gasteiger partial charge on any atom is -0.458 e. The molecule has 7 nitrogen and oxygen atoms in total. The van der Waals surface area contributed by atoms with Crippen molar-refractivity contribution in [3.63, 3.8) is 0 Å². The topological polar surface area (TPSA) is 84.5 Å². The summed E-state index contributed by atoms with van der Waals surface area (Å²) >= 11 is 0. The summed E-state index contributed by atoms with van der Waals surface area (Å²) in [6, 6.07) is 1.89. The standard InChI is InChI=1S/C17H25N3O4/c1-20(10-12-8-13(11-23-2)19-18-12)16(22)14-9-15(21)24-17(14)6-4-3-5-7-17/h8,14H,3-7,9-11H2,1-2H3,(H,18,19)/t14-/m0/s1. The second-order valence-corrected chi connectivity index (χ2v) is 6.87. The van der Waals surface area contributed by atoms with Crippen LogP contribution in [0.3, 0.4) is 0 Å². The molecule has 1 aliphatic carbocycles. The molecule has 0 unspecified atom stereocenters. The Morgan fingerprint density at radius 3 is 2.92 bits per heavy atom.